The third kappa shape index (κ3) is 7.20. The molecule has 2 aliphatic rings. The molecule has 2 aliphatic heterocycles. The van der Waals surface area contributed by atoms with Crippen molar-refractivity contribution in [3.63, 3.8) is 0 Å². The molecule has 2 fully saturated rings. The number of halogens is 1. The summed E-state index contributed by atoms with van der Waals surface area (Å²) in [6.07, 6.45) is -3.39. The lowest BCUT2D eigenvalue weighted by Crippen LogP contribution is -2.47. The number of amides is 3. The van der Waals surface area contributed by atoms with Crippen molar-refractivity contribution < 1.29 is 37.7 Å². The topological polar surface area (TPSA) is 97.9 Å². The summed E-state index contributed by atoms with van der Waals surface area (Å²) in [4.78, 5) is 41.9. The summed E-state index contributed by atoms with van der Waals surface area (Å²) in [5.41, 5.74) is -0.958. The SMILES string of the molecule is CC(C)(C)OC(=O)N(CC1CN(c2ccc(N3CCOCC3)c(F)c2)C(=O)O1)C(=O)OC(C)(C)C. The Morgan fingerprint density at radius 2 is 1.63 bits per heavy atom. The Morgan fingerprint density at radius 1 is 1.06 bits per heavy atom. The number of hydrogen-bond donors (Lipinski definition) is 0. The normalized spacial score (nSPS) is 18.8. The summed E-state index contributed by atoms with van der Waals surface area (Å²) in [5.74, 6) is -0.468. The second-order valence-electron chi connectivity index (χ2n) is 10.4. The summed E-state index contributed by atoms with van der Waals surface area (Å²) >= 11 is 0. The number of carbonyl (C=O) groups excluding carboxylic acids is 3. The number of morpholine rings is 1. The zero-order valence-electron chi connectivity index (χ0n) is 21.1. The van der Waals surface area contributed by atoms with Crippen molar-refractivity contribution in [1.82, 2.24) is 4.90 Å². The van der Waals surface area contributed by atoms with Crippen LogP contribution in [0.25, 0.3) is 0 Å². The zero-order valence-corrected chi connectivity index (χ0v) is 21.1. The summed E-state index contributed by atoms with van der Waals surface area (Å²) in [7, 11) is 0. The number of anilines is 2. The smallest absolute Gasteiger partial charge is 0.419 e. The number of nitrogens with zero attached hydrogens (tertiary/aromatic N) is 3. The largest absolute Gasteiger partial charge is 0.443 e. The monoisotopic (exact) mass is 495 g/mol. The van der Waals surface area contributed by atoms with Gasteiger partial charge in [-0.05, 0) is 59.7 Å². The Bertz CT molecular complexity index is 923. The van der Waals surface area contributed by atoms with E-state index in [0.29, 0.717) is 37.7 Å². The van der Waals surface area contributed by atoms with Crippen LogP contribution in [-0.2, 0) is 18.9 Å². The van der Waals surface area contributed by atoms with Crippen LogP contribution in [0.1, 0.15) is 41.5 Å². The average Bonchev–Trinajstić information content (AvgIpc) is 3.10. The number of cyclic esters (lactones) is 1. The number of rotatable bonds is 4. The first-order valence-electron chi connectivity index (χ1n) is 11.6. The second-order valence-corrected chi connectivity index (χ2v) is 10.4. The highest BCUT2D eigenvalue weighted by molar-refractivity contribution is 5.91. The molecule has 0 aromatic heterocycles. The van der Waals surface area contributed by atoms with Gasteiger partial charge < -0.3 is 23.8 Å². The molecule has 11 heteroatoms. The molecule has 10 nitrogen and oxygen atoms in total. The number of benzene rings is 1. The predicted octanol–water partition coefficient (Wildman–Crippen LogP) is 4.16. The van der Waals surface area contributed by atoms with Gasteiger partial charge in [0.25, 0.3) is 0 Å². The predicted molar refractivity (Wildman–Crippen MR) is 126 cm³/mol. The maximum Gasteiger partial charge on any atom is 0.419 e. The van der Waals surface area contributed by atoms with Gasteiger partial charge in [-0.2, -0.15) is 0 Å². The minimum Gasteiger partial charge on any atom is -0.443 e. The van der Waals surface area contributed by atoms with Gasteiger partial charge in [0.05, 0.1) is 37.7 Å². The van der Waals surface area contributed by atoms with Crippen LogP contribution >= 0.6 is 0 Å². The average molecular weight is 496 g/mol. The molecular formula is C24H34FN3O7. The fraction of sp³-hybridized carbons (Fsp3) is 0.625. The summed E-state index contributed by atoms with van der Waals surface area (Å²) in [6, 6.07) is 4.52. The molecule has 2 saturated heterocycles. The minimum absolute atomic E-state index is 0.0112. The Kier molecular flexibility index (Phi) is 7.78. The highest BCUT2D eigenvalue weighted by Crippen LogP contribution is 2.29. The first-order valence-corrected chi connectivity index (χ1v) is 11.6. The van der Waals surface area contributed by atoms with Gasteiger partial charge >= 0.3 is 18.3 Å². The van der Waals surface area contributed by atoms with Gasteiger partial charge in [-0.25, -0.2) is 23.7 Å². The van der Waals surface area contributed by atoms with Gasteiger partial charge in [0, 0.05) is 13.1 Å². The first kappa shape index (κ1) is 26.5. The van der Waals surface area contributed by atoms with Gasteiger partial charge in [-0.15, -0.1) is 0 Å². The molecule has 0 radical (unpaired) electrons. The Labute approximate surface area is 204 Å². The van der Waals surface area contributed by atoms with Crippen molar-refractivity contribution >= 4 is 29.7 Å². The molecule has 3 amide bonds. The number of hydrogen-bond acceptors (Lipinski definition) is 8. The maximum absolute atomic E-state index is 14.9. The van der Waals surface area contributed by atoms with Crippen LogP contribution in [0.3, 0.4) is 0 Å². The minimum atomic E-state index is -0.915. The fourth-order valence-electron chi connectivity index (χ4n) is 3.61. The zero-order chi connectivity index (χ0) is 26.0. The van der Waals surface area contributed by atoms with Crippen LogP contribution in [-0.4, -0.2) is 79.9 Å². The van der Waals surface area contributed by atoms with E-state index in [4.69, 9.17) is 18.9 Å². The van der Waals surface area contributed by atoms with E-state index in [9.17, 15) is 18.8 Å². The van der Waals surface area contributed by atoms with E-state index in [-0.39, 0.29) is 13.1 Å². The van der Waals surface area contributed by atoms with Gasteiger partial charge in [0.15, 0.2) is 0 Å². The van der Waals surface area contributed by atoms with E-state index in [0.717, 1.165) is 4.90 Å². The van der Waals surface area contributed by atoms with E-state index >= 15 is 0 Å². The van der Waals surface area contributed by atoms with Crippen LogP contribution in [0.15, 0.2) is 18.2 Å². The van der Waals surface area contributed by atoms with Crippen molar-refractivity contribution in [2.75, 3.05) is 49.2 Å². The van der Waals surface area contributed by atoms with E-state index in [2.05, 4.69) is 0 Å². The molecule has 3 rings (SSSR count). The van der Waals surface area contributed by atoms with Gasteiger partial charge in [0.1, 0.15) is 23.1 Å². The maximum atomic E-state index is 14.9. The number of ether oxygens (including phenoxy) is 4. The van der Waals surface area contributed by atoms with Crippen LogP contribution < -0.4 is 9.80 Å². The lowest BCUT2D eigenvalue weighted by atomic mass is 10.2. The van der Waals surface area contributed by atoms with Crippen molar-refractivity contribution in [1.29, 1.82) is 0 Å². The third-order valence-electron chi connectivity index (χ3n) is 5.08. The van der Waals surface area contributed by atoms with Crippen LogP contribution in [0.5, 0.6) is 0 Å². The molecule has 1 unspecified atom stereocenters. The Morgan fingerprint density at radius 3 is 2.14 bits per heavy atom. The molecule has 0 spiro atoms. The molecule has 0 bridgehead atoms. The molecule has 0 aliphatic carbocycles. The summed E-state index contributed by atoms with van der Waals surface area (Å²) in [6.45, 7) is 12.0. The molecule has 194 valence electrons. The lowest BCUT2D eigenvalue weighted by Gasteiger charge is -2.29. The number of carbonyl (C=O) groups is 3. The van der Waals surface area contributed by atoms with E-state index in [1.54, 1.807) is 53.7 Å². The highest BCUT2D eigenvalue weighted by atomic mass is 19.1. The van der Waals surface area contributed by atoms with Crippen molar-refractivity contribution in [2.24, 2.45) is 0 Å². The van der Waals surface area contributed by atoms with E-state index in [1.165, 1.54) is 11.0 Å². The van der Waals surface area contributed by atoms with E-state index < -0.39 is 41.4 Å². The van der Waals surface area contributed by atoms with Crippen LogP contribution in [0, 0.1) is 5.82 Å². The van der Waals surface area contributed by atoms with Crippen molar-refractivity contribution in [3.05, 3.63) is 24.0 Å². The van der Waals surface area contributed by atoms with E-state index in [1.807, 2.05) is 4.90 Å². The molecule has 35 heavy (non-hydrogen) atoms. The van der Waals surface area contributed by atoms with Crippen LogP contribution in [0.2, 0.25) is 0 Å². The van der Waals surface area contributed by atoms with Crippen LogP contribution in [0.4, 0.5) is 30.1 Å². The molecule has 1 aromatic carbocycles. The first-order chi connectivity index (χ1) is 16.2. The molecular weight excluding hydrogens is 461 g/mol. The molecule has 1 atom stereocenters. The van der Waals surface area contributed by atoms with Gasteiger partial charge in [0.2, 0.25) is 0 Å². The third-order valence-corrected chi connectivity index (χ3v) is 5.08. The molecule has 1 aromatic rings. The number of imide groups is 1. The quantitative estimate of drug-likeness (QED) is 0.575. The lowest BCUT2D eigenvalue weighted by molar-refractivity contribution is -0.00587. The Hall–Kier alpha value is -3.08. The summed E-state index contributed by atoms with van der Waals surface area (Å²) in [5, 5.41) is 0. The fourth-order valence-corrected chi connectivity index (χ4v) is 3.61. The van der Waals surface area contributed by atoms with Crippen molar-refractivity contribution in [2.45, 2.75) is 58.8 Å². The second kappa shape index (κ2) is 10.3. The summed E-state index contributed by atoms with van der Waals surface area (Å²) < 4.78 is 36.2. The van der Waals surface area contributed by atoms with Gasteiger partial charge in [-0.3, -0.25) is 4.90 Å². The molecule has 0 N–H and O–H groups in total. The molecule has 2 heterocycles. The highest BCUT2D eigenvalue weighted by Gasteiger charge is 2.39. The molecule has 0 saturated carbocycles. The van der Waals surface area contributed by atoms with Gasteiger partial charge in [-0.1, -0.05) is 0 Å². The Balaban J connectivity index is 1.73. The standard InChI is InChI=1S/C24H34FN3O7/c1-23(2,3)34-21(30)28(22(31)35-24(4,5)6)15-17-14-27(20(29)33-17)16-7-8-19(18(25)13-16)26-9-11-32-12-10-26/h7-8,13,17H,9-12,14-15H2,1-6H3. The van der Waals surface area contributed by atoms with Crippen molar-refractivity contribution in [3.8, 4) is 0 Å².